The highest BCUT2D eigenvalue weighted by atomic mass is 32.2. The Balaban J connectivity index is 1.96. The molecule has 0 saturated carbocycles. The number of nitrogens with zero attached hydrogens (tertiary/aromatic N) is 1. The average Bonchev–Trinajstić information content (AvgIpc) is 2.66. The zero-order chi connectivity index (χ0) is 19.8. The second-order valence-corrected chi connectivity index (χ2v) is 13.4. The predicted molar refractivity (Wildman–Crippen MR) is 118 cm³/mol. The molecule has 0 unspecified atom stereocenters. The highest BCUT2D eigenvalue weighted by Gasteiger charge is 2.28. The van der Waals surface area contributed by atoms with Crippen LogP contribution in [0, 0.1) is 11.3 Å². The molecule has 0 aromatic heterocycles. The van der Waals surface area contributed by atoms with E-state index < -0.39 is 13.9 Å². The smallest absolute Gasteiger partial charge is 0.184 e. The van der Waals surface area contributed by atoms with Gasteiger partial charge < -0.3 is 4.43 Å². The first-order chi connectivity index (χ1) is 12.8. The summed E-state index contributed by atoms with van der Waals surface area (Å²) in [5.41, 5.74) is 1.85. The Bertz CT molecular complexity index is 727. The van der Waals surface area contributed by atoms with Crippen molar-refractivity contribution in [3.63, 3.8) is 0 Å². The van der Waals surface area contributed by atoms with E-state index in [1.54, 1.807) is 11.8 Å². The summed E-state index contributed by atoms with van der Waals surface area (Å²) >= 11 is 1.78. The quantitative estimate of drug-likeness (QED) is 0.545. The summed E-state index contributed by atoms with van der Waals surface area (Å²) in [6, 6.07) is 23.1. The van der Waals surface area contributed by atoms with Crippen molar-refractivity contribution in [1.82, 2.24) is 5.32 Å². The minimum Gasteiger partial charge on any atom is -0.409 e. The molecule has 3 nitrogen and oxygen atoms in total. The molecule has 0 spiro atoms. The van der Waals surface area contributed by atoms with Crippen molar-refractivity contribution in [3.8, 4) is 6.07 Å². The average molecular weight is 399 g/mol. The molecule has 0 bridgehead atoms. The fraction of sp³-hybridized carbons (Fsp3) is 0.409. The first-order valence-electron chi connectivity index (χ1n) is 9.32. The van der Waals surface area contributed by atoms with Gasteiger partial charge in [-0.2, -0.15) is 17.0 Å². The van der Waals surface area contributed by atoms with E-state index in [1.807, 2.05) is 31.2 Å². The van der Waals surface area contributed by atoms with Crippen LogP contribution in [0.2, 0.25) is 19.6 Å². The molecule has 2 rings (SSSR count). The van der Waals surface area contributed by atoms with E-state index in [2.05, 4.69) is 67.4 Å². The normalized spacial score (nSPS) is 14.9. The van der Waals surface area contributed by atoms with Crippen LogP contribution in [0.1, 0.15) is 24.2 Å². The molecule has 2 aromatic rings. The van der Waals surface area contributed by atoms with Gasteiger partial charge in [0.05, 0.1) is 12.2 Å². The molecule has 5 heteroatoms. The lowest BCUT2D eigenvalue weighted by molar-refractivity contribution is 0.186. The number of benzene rings is 2. The number of hydrogen-bond donors (Lipinski definition) is 1. The predicted octanol–water partition coefficient (Wildman–Crippen LogP) is 5.38. The third-order valence-electron chi connectivity index (χ3n) is 4.09. The summed E-state index contributed by atoms with van der Waals surface area (Å²) in [5.74, 6) is 1.64. The van der Waals surface area contributed by atoms with Gasteiger partial charge in [-0.05, 0) is 37.7 Å². The molecule has 0 heterocycles. The molecular weight excluding hydrogens is 368 g/mol. The Kier molecular flexibility index (Phi) is 8.12. The van der Waals surface area contributed by atoms with Crippen molar-refractivity contribution in [2.75, 3.05) is 12.3 Å². The lowest BCUT2D eigenvalue weighted by Crippen LogP contribution is -2.46. The van der Waals surface area contributed by atoms with Crippen LogP contribution >= 0.6 is 11.8 Å². The summed E-state index contributed by atoms with van der Waals surface area (Å²) in [5, 5.41) is 13.2. The lowest BCUT2D eigenvalue weighted by atomic mass is 10.1. The standard InChI is InChI=1S/C22H30N2OSSi/c1-22(17-23,18-26-16-19-11-7-5-8-12-19)24-15-21(25-27(2,3)4)20-13-9-6-10-14-20/h5-14,21,24H,15-16,18H2,1-4H3/t21-,22-/m1/s1. The number of nitriles is 1. The third-order valence-corrected chi connectivity index (χ3v) is 6.40. The molecule has 0 amide bonds. The highest BCUT2D eigenvalue weighted by molar-refractivity contribution is 7.98. The summed E-state index contributed by atoms with van der Waals surface area (Å²) in [7, 11) is -1.71. The van der Waals surface area contributed by atoms with Gasteiger partial charge in [0.2, 0.25) is 0 Å². The third kappa shape index (κ3) is 7.90. The van der Waals surface area contributed by atoms with Gasteiger partial charge >= 0.3 is 0 Å². The lowest BCUT2D eigenvalue weighted by Gasteiger charge is -2.30. The van der Waals surface area contributed by atoms with Gasteiger partial charge in [-0.3, -0.25) is 5.32 Å². The Morgan fingerprint density at radius 2 is 1.67 bits per heavy atom. The van der Waals surface area contributed by atoms with Crippen molar-refractivity contribution >= 4 is 20.1 Å². The van der Waals surface area contributed by atoms with Gasteiger partial charge in [-0.15, -0.1) is 0 Å². The van der Waals surface area contributed by atoms with Gasteiger partial charge in [-0.1, -0.05) is 60.7 Å². The fourth-order valence-electron chi connectivity index (χ4n) is 2.71. The molecule has 2 atom stereocenters. The second kappa shape index (κ2) is 10.1. The SMILES string of the molecule is C[C@@](C#N)(CSCc1ccccc1)NC[C@@H](O[Si](C)(C)C)c1ccccc1. The maximum atomic E-state index is 9.74. The Morgan fingerprint density at radius 3 is 2.22 bits per heavy atom. The molecule has 0 saturated heterocycles. The van der Waals surface area contributed by atoms with E-state index >= 15 is 0 Å². The van der Waals surface area contributed by atoms with Crippen molar-refractivity contribution in [1.29, 1.82) is 5.26 Å². The van der Waals surface area contributed by atoms with Gasteiger partial charge in [0.25, 0.3) is 0 Å². The van der Waals surface area contributed by atoms with E-state index in [-0.39, 0.29) is 6.10 Å². The van der Waals surface area contributed by atoms with Crippen LogP contribution in [0.5, 0.6) is 0 Å². The first-order valence-corrected chi connectivity index (χ1v) is 13.9. The Hall–Kier alpha value is -1.58. The minimum atomic E-state index is -1.71. The molecule has 144 valence electrons. The van der Waals surface area contributed by atoms with Gasteiger partial charge in [-0.25, -0.2) is 0 Å². The van der Waals surface area contributed by atoms with E-state index in [0.29, 0.717) is 6.54 Å². The van der Waals surface area contributed by atoms with Crippen LogP contribution in [0.15, 0.2) is 60.7 Å². The largest absolute Gasteiger partial charge is 0.409 e. The molecule has 0 aliphatic rings. The van der Waals surface area contributed by atoms with Crippen molar-refractivity contribution < 1.29 is 4.43 Å². The van der Waals surface area contributed by atoms with Crippen LogP contribution in [0.3, 0.4) is 0 Å². The molecule has 0 fully saturated rings. The second-order valence-electron chi connectivity index (χ2n) is 7.93. The van der Waals surface area contributed by atoms with E-state index in [0.717, 1.165) is 17.1 Å². The van der Waals surface area contributed by atoms with Crippen LogP contribution < -0.4 is 5.32 Å². The van der Waals surface area contributed by atoms with Crippen LogP contribution in [0.25, 0.3) is 0 Å². The first kappa shape index (κ1) is 21.7. The van der Waals surface area contributed by atoms with Gasteiger partial charge in [0, 0.05) is 18.1 Å². The molecule has 27 heavy (non-hydrogen) atoms. The van der Waals surface area contributed by atoms with Crippen LogP contribution in [0.4, 0.5) is 0 Å². The highest BCUT2D eigenvalue weighted by Crippen LogP contribution is 2.24. The van der Waals surface area contributed by atoms with Crippen molar-refractivity contribution in [2.45, 2.75) is 44.0 Å². The Morgan fingerprint density at radius 1 is 1.07 bits per heavy atom. The maximum absolute atomic E-state index is 9.74. The van der Waals surface area contributed by atoms with E-state index in [1.165, 1.54) is 5.56 Å². The van der Waals surface area contributed by atoms with Crippen molar-refractivity contribution in [2.24, 2.45) is 0 Å². The number of thioether (sulfide) groups is 1. The molecule has 0 radical (unpaired) electrons. The monoisotopic (exact) mass is 398 g/mol. The van der Waals surface area contributed by atoms with Crippen LogP contribution in [-0.4, -0.2) is 26.2 Å². The summed E-state index contributed by atoms with van der Waals surface area (Å²) in [6.07, 6.45) is -0.0373. The molecule has 2 aromatic carbocycles. The zero-order valence-electron chi connectivity index (χ0n) is 16.7. The summed E-state index contributed by atoms with van der Waals surface area (Å²) in [6.45, 7) is 9.19. The molecular formula is C22H30N2OSSi. The number of nitrogens with one attached hydrogen (secondary N) is 1. The molecule has 1 N–H and O–H groups in total. The van der Waals surface area contributed by atoms with E-state index in [9.17, 15) is 5.26 Å². The maximum Gasteiger partial charge on any atom is 0.184 e. The molecule has 0 aliphatic carbocycles. The van der Waals surface area contributed by atoms with E-state index in [4.69, 9.17) is 4.43 Å². The summed E-state index contributed by atoms with van der Waals surface area (Å²) in [4.78, 5) is 0. The van der Waals surface area contributed by atoms with Gasteiger partial charge in [0.15, 0.2) is 8.32 Å². The minimum absolute atomic E-state index is 0.0373. The topological polar surface area (TPSA) is 45.0 Å². The number of hydrogen-bond acceptors (Lipinski definition) is 4. The molecule has 0 aliphatic heterocycles. The summed E-state index contributed by atoms with van der Waals surface area (Å²) < 4.78 is 6.40. The van der Waals surface area contributed by atoms with Crippen molar-refractivity contribution in [3.05, 3.63) is 71.8 Å². The fourth-order valence-corrected chi connectivity index (χ4v) is 4.89. The number of rotatable bonds is 10. The van der Waals surface area contributed by atoms with Gasteiger partial charge in [0.1, 0.15) is 5.54 Å². The Labute approximate surface area is 169 Å². The van der Waals surface area contributed by atoms with Crippen LogP contribution in [-0.2, 0) is 10.2 Å². The zero-order valence-corrected chi connectivity index (χ0v) is 18.6.